The molecule has 3 heterocycles. The van der Waals surface area contributed by atoms with Gasteiger partial charge in [0.2, 0.25) is 5.88 Å². The molecule has 2 atom stereocenters. The lowest BCUT2D eigenvalue weighted by molar-refractivity contribution is 0.0868. The Bertz CT molecular complexity index is 1750. The maximum atomic E-state index is 15.0. The van der Waals surface area contributed by atoms with Crippen molar-refractivity contribution in [3.8, 4) is 11.9 Å². The molecule has 1 aromatic heterocycles. The van der Waals surface area contributed by atoms with Crippen LogP contribution < -0.4 is 9.47 Å². The molecule has 2 aromatic carbocycles. The van der Waals surface area contributed by atoms with Crippen molar-refractivity contribution in [2.75, 3.05) is 57.9 Å². The number of ether oxygens (including phenoxy) is 2. The molecule has 2 aliphatic rings. The van der Waals surface area contributed by atoms with Gasteiger partial charge in [0.15, 0.2) is 0 Å². The first-order valence-corrected chi connectivity index (χ1v) is 18.9. The number of carbonyl (C=O) groups is 1. The third kappa shape index (κ3) is 7.27. The molecule has 0 spiro atoms. The summed E-state index contributed by atoms with van der Waals surface area (Å²) in [5.74, 6) is 0.744. The number of aliphatic imine (C=N–C) groups is 1. The van der Waals surface area contributed by atoms with E-state index in [1.54, 1.807) is 11.1 Å². The smallest absolute Gasteiger partial charge is 0.326 e. The second-order valence-corrected chi connectivity index (χ2v) is 15.4. The van der Waals surface area contributed by atoms with E-state index in [-0.39, 0.29) is 23.7 Å². The van der Waals surface area contributed by atoms with Gasteiger partial charge in [0.1, 0.15) is 26.8 Å². The summed E-state index contributed by atoms with van der Waals surface area (Å²) in [5.41, 5.74) is 0.0163. The lowest BCUT2D eigenvalue weighted by Crippen LogP contribution is -2.60. The summed E-state index contributed by atoms with van der Waals surface area (Å²) in [5, 5.41) is 1.15. The van der Waals surface area contributed by atoms with E-state index < -0.39 is 20.9 Å². The van der Waals surface area contributed by atoms with Crippen LogP contribution in [0.5, 0.6) is 11.9 Å². The number of halogens is 2. The molecule has 0 saturated carbocycles. The van der Waals surface area contributed by atoms with Crippen LogP contribution in [0.3, 0.4) is 0 Å². The zero-order valence-electron chi connectivity index (χ0n) is 27.9. The van der Waals surface area contributed by atoms with Crippen molar-refractivity contribution < 1.29 is 22.7 Å². The standard InChI is InChI=1S/C34H42Cl2N6O5S/c1-6-46-30-28(23-37-31(38-30)47-7-2)29-39-33(3,24-9-13-26(35)14-10-24)34(4,25-11-15-27(36)16-12-25)42(29)32(43)41-20-18-40(19-21-41)17-8-22-48(5,44)45/h9-16,23H,6-8,17-22H2,1-5H3/t33-,34?/m0/s1. The number of sulfone groups is 1. The second-order valence-electron chi connectivity index (χ2n) is 12.3. The Morgan fingerprint density at radius 2 is 1.48 bits per heavy atom. The van der Waals surface area contributed by atoms with Crippen molar-refractivity contribution in [1.29, 1.82) is 0 Å². The van der Waals surface area contributed by atoms with Gasteiger partial charge in [0.05, 0.1) is 24.5 Å². The van der Waals surface area contributed by atoms with Crippen LogP contribution in [0.25, 0.3) is 0 Å². The highest BCUT2D eigenvalue weighted by Gasteiger charge is 2.60. The van der Waals surface area contributed by atoms with E-state index in [4.69, 9.17) is 37.7 Å². The van der Waals surface area contributed by atoms with Crippen LogP contribution in [0.4, 0.5) is 4.79 Å². The summed E-state index contributed by atoms with van der Waals surface area (Å²) < 4.78 is 34.9. The number of carbonyl (C=O) groups excluding carboxylic acids is 1. The predicted octanol–water partition coefficient (Wildman–Crippen LogP) is 5.65. The second kappa shape index (κ2) is 14.6. The SMILES string of the molecule is CCOc1ncc(C2=N[C@@](C)(c3ccc(Cl)cc3)C(C)(c3ccc(Cl)cc3)N2C(=O)N2CCN(CCCS(C)(=O)=O)CC2)c(OCC)n1. The van der Waals surface area contributed by atoms with Gasteiger partial charge >= 0.3 is 12.0 Å². The van der Waals surface area contributed by atoms with Gasteiger partial charge in [-0.05, 0) is 76.1 Å². The van der Waals surface area contributed by atoms with E-state index in [9.17, 15) is 8.42 Å². The fourth-order valence-electron chi connectivity index (χ4n) is 6.37. The van der Waals surface area contributed by atoms with Crippen LogP contribution in [0, 0.1) is 0 Å². The number of nitrogens with zero attached hydrogens (tertiary/aromatic N) is 6. The summed E-state index contributed by atoms with van der Waals surface area (Å²) in [6.07, 6.45) is 3.39. The molecule has 2 amide bonds. The maximum absolute atomic E-state index is 15.0. The molecule has 11 nitrogen and oxygen atoms in total. The number of benzene rings is 2. The van der Waals surface area contributed by atoms with Gasteiger partial charge in [0, 0.05) is 48.7 Å². The minimum absolute atomic E-state index is 0.134. The van der Waals surface area contributed by atoms with Crippen molar-refractivity contribution in [2.24, 2.45) is 4.99 Å². The predicted molar refractivity (Wildman–Crippen MR) is 188 cm³/mol. The van der Waals surface area contributed by atoms with E-state index in [0.717, 1.165) is 11.1 Å². The molecule has 48 heavy (non-hydrogen) atoms. The van der Waals surface area contributed by atoms with Crippen molar-refractivity contribution in [3.63, 3.8) is 0 Å². The van der Waals surface area contributed by atoms with Gasteiger partial charge in [0.25, 0.3) is 0 Å². The molecule has 1 saturated heterocycles. The topological polar surface area (TPSA) is 118 Å². The Morgan fingerprint density at radius 3 is 2.04 bits per heavy atom. The third-order valence-electron chi connectivity index (χ3n) is 9.10. The van der Waals surface area contributed by atoms with Crippen LogP contribution >= 0.6 is 23.2 Å². The van der Waals surface area contributed by atoms with E-state index >= 15 is 4.79 Å². The van der Waals surface area contributed by atoms with Gasteiger partial charge in [-0.1, -0.05) is 47.5 Å². The minimum atomic E-state index is -3.04. The summed E-state index contributed by atoms with van der Waals surface area (Å²) >= 11 is 12.7. The van der Waals surface area contributed by atoms with Crippen LogP contribution in [-0.4, -0.2) is 103 Å². The van der Waals surface area contributed by atoms with E-state index in [0.29, 0.717) is 73.8 Å². The highest BCUT2D eigenvalue weighted by atomic mass is 35.5. The first-order valence-electron chi connectivity index (χ1n) is 16.0. The molecular weight excluding hydrogens is 675 g/mol. The van der Waals surface area contributed by atoms with Crippen molar-refractivity contribution in [1.82, 2.24) is 24.7 Å². The molecule has 14 heteroatoms. The lowest BCUT2D eigenvalue weighted by atomic mass is 9.71. The van der Waals surface area contributed by atoms with Crippen molar-refractivity contribution in [3.05, 3.63) is 81.5 Å². The zero-order chi connectivity index (χ0) is 34.7. The highest BCUT2D eigenvalue weighted by molar-refractivity contribution is 7.90. The molecule has 0 radical (unpaired) electrons. The molecule has 1 unspecified atom stereocenters. The normalized spacial score (nSPS) is 21.7. The number of rotatable bonds is 11. The Balaban J connectivity index is 1.63. The average molecular weight is 718 g/mol. The Hall–Kier alpha value is -3.45. The lowest BCUT2D eigenvalue weighted by Gasteiger charge is -2.47. The summed E-state index contributed by atoms with van der Waals surface area (Å²) in [7, 11) is -3.04. The summed E-state index contributed by atoms with van der Waals surface area (Å²) in [6, 6.07) is 14.9. The molecule has 3 aromatic rings. The summed E-state index contributed by atoms with van der Waals surface area (Å²) in [4.78, 5) is 35.2. The number of amidine groups is 1. The minimum Gasteiger partial charge on any atom is -0.477 e. The van der Waals surface area contributed by atoms with Gasteiger partial charge in [-0.25, -0.2) is 18.2 Å². The first kappa shape index (κ1) is 35.8. The van der Waals surface area contributed by atoms with E-state index in [2.05, 4.69) is 14.9 Å². The van der Waals surface area contributed by atoms with E-state index in [1.807, 2.05) is 81.1 Å². The number of amides is 2. The van der Waals surface area contributed by atoms with E-state index in [1.165, 1.54) is 6.26 Å². The first-order chi connectivity index (χ1) is 22.8. The van der Waals surface area contributed by atoms with Gasteiger partial charge in [-0.15, -0.1) is 0 Å². The van der Waals surface area contributed by atoms with Crippen LogP contribution in [0.15, 0.2) is 59.7 Å². The Morgan fingerprint density at radius 1 is 0.896 bits per heavy atom. The molecule has 0 aliphatic carbocycles. The number of urea groups is 1. The largest absolute Gasteiger partial charge is 0.477 e. The molecule has 0 N–H and O–H groups in total. The molecule has 1 fully saturated rings. The maximum Gasteiger partial charge on any atom is 0.326 e. The molecular formula is C34H42Cl2N6O5S. The van der Waals surface area contributed by atoms with Crippen molar-refractivity contribution in [2.45, 2.75) is 45.2 Å². The molecule has 5 rings (SSSR count). The third-order valence-corrected chi connectivity index (χ3v) is 10.6. The van der Waals surface area contributed by atoms with Gasteiger partial charge < -0.3 is 14.4 Å². The monoisotopic (exact) mass is 716 g/mol. The molecule has 258 valence electrons. The quantitative estimate of drug-likeness (QED) is 0.250. The summed E-state index contributed by atoms with van der Waals surface area (Å²) in [6.45, 7) is 11.2. The number of aromatic nitrogens is 2. The zero-order valence-corrected chi connectivity index (χ0v) is 30.3. The average Bonchev–Trinajstić information content (AvgIpc) is 3.29. The van der Waals surface area contributed by atoms with Crippen LogP contribution in [0.2, 0.25) is 10.0 Å². The molecule has 2 aliphatic heterocycles. The number of hydrogen-bond acceptors (Lipinski definition) is 9. The highest BCUT2D eigenvalue weighted by Crippen LogP contribution is 2.54. The fourth-order valence-corrected chi connectivity index (χ4v) is 7.28. The van der Waals surface area contributed by atoms with Crippen LogP contribution in [-0.2, 0) is 20.9 Å². The van der Waals surface area contributed by atoms with Gasteiger partial charge in [-0.2, -0.15) is 4.98 Å². The van der Waals surface area contributed by atoms with Crippen LogP contribution in [0.1, 0.15) is 50.8 Å². The van der Waals surface area contributed by atoms with Gasteiger partial charge in [-0.3, -0.25) is 14.8 Å². The number of piperazine rings is 1. The fraction of sp³-hybridized carbons (Fsp3) is 0.471. The Labute approximate surface area is 292 Å². The molecule has 0 bridgehead atoms. The number of hydrogen-bond donors (Lipinski definition) is 0. The van der Waals surface area contributed by atoms with Crippen molar-refractivity contribution >= 4 is 44.9 Å². The Kier molecular flexibility index (Phi) is 10.9.